The molecule has 0 radical (unpaired) electrons. The van der Waals surface area contributed by atoms with Gasteiger partial charge >= 0.3 is 0 Å². The van der Waals surface area contributed by atoms with Gasteiger partial charge in [0, 0.05) is 19.7 Å². The molecule has 1 aromatic carbocycles. The first-order valence-electron chi connectivity index (χ1n) is 6.22. The van der Waals surface area contributed by atoms with Crippen LogP contribution in [-0.2, 0) is 4.74 Å². The molecule has 2 N–H and O–H groups in total. The van der Waals surface area contributed by atoms with Gasteiger partial charge in [-0.25, -0.2) is 4.39 Å². The summed E-state index contributed by atoms with van der Waals surface area (Å²) in [7, 11) is 1.64. The normalized spacial score (nSPS) is 14.8. The third kappa shape index (κ3) is 4.37. The van der Waals surface area contributed by atoms with Crippen molar-refractivity contribution < 1.29 is 14.2 Å². The molecule has 2 atom stereocenters. The molecule has 0 aliphatic carbocycles. The largest absolute Gasteiger partial charge is 0.387 e. The van der Waals surface area contributed by atoms with E-state index in [-0.39, 0.29) is 17.8 Å². The summed E-state index contributed by atoms with van der Waals surface area (Å²) in [5.41, 5.74) is 0.722. The highest BCUT2D eigenvalue weighted by Gasteiger charge is 2.23. The summed E-state index contributed by atoms with van der Waals surface area (Å²) < 4.78 is 17.8. The molecular formula is C14H22FNO2. The fraction of sp³-hybridized carbons (Fsp3) is 0.571. The Bertz CT molecular complexity index is 340. The molecule has 0 fully saturated rings. The number of benzene rings is 1. The van der Waals surface area contributed by atoms with Gasteiger partial charge in [-0.3, -0.25) is 0 Å². The van der Waals surface area contributed by atoms with Crippen molar-refractivity contribution in [2.24, 2.45) is 5.92 Å². The van der Waals surface area contributed by atoms with Crippen LogP contribution in [0, 0.1) is 11.7 Å². The minimum absolute atomic E-state index is 0.0781. The average Bonchev–Trinajstić information content (AvgIpc) is 2.34. The lowest BCUT2D eigenvalue weighted by atomic mass is 9.93. The summed E-state index contributed by atoms with van der Waals surface area (Å²) in [6.45, 7) is 5.35. The molecule has 0 saturated heterocycles. The van der Waals surface area contributed by atoms with Crippen LogP contribution in [0.4, 0.5) is 4.39 Å². The van der Waals surface area contributed by atoms with Gasteiger partial charge in [-0.1, -0.05) is 26.0 Å². The van der Waals surface area contributed by atoms with Crippen molar-refractivity contribution in [2.75, 3.05) is 20.3 Å². The van der Waals surface area contributed by atoms with Gasteiger partial charge in [-0.15, -0.1) is 0 Å². The van der Waals surface area contributed by atoms with E-state index in [0.29, 0.717) is 13.2 Å². The molecule has 0 aliphatic heterocycles. The quantitative estimate of drug-likeness (QED) is 0.733. The lowest BCUT2D eigenvalue weighted by molar-refractivity contribution is 0.0978. The Labute approximate surface area is 108 Å². The second-order valence-electron chi connectivity index (χ2n) is 4.71. The van der Waals surface area contributed by atoms with E-state index in [9.17, 15) is 9.50 Å². The summed E-state index contributed by atoms with van der Waals surface area (Å²) in [6.07, 6.45) is -0.651. The van der Waals surface area contributed by atoms with Crippen molar-refractivity contribution in [1.82, 2.24) is 5.32 Å². The summed E-state index contributed by atoms with van der Waals surface area (Å²) in [5.74, 6) is -0.0266. The summed E-state index contributed by atoms with van der Waals surface area (Å²) in [6, 6.07) is 5.89. The topological polar surface area (TPSA) is 41.5 Å². The Kier molecular flexibility index (Phi) is 6.25. The van der Waals surface area contributed by atoms with E-state index < -0.39 is 6.10 Å². The summed E-state index contributed by atoms with van der Waals surface area (Å²) >= 11 is 0. The Balaban J connectivity index is 2.69. The Morgan fingerprint density at radius 3 is 2.39 bits per heavy atom. The maximum Gasteiger partial charge on any atom is 0.123 e. The van der Waals surface area contributed by atoms with Crippen LogP contribution in [0.1, 0.15) is 25.5 Å². The molecule has 102 valence electrons. The van der Waals surface area contributed by atoms with E-state index in [1.54, 1.807) is 19.2 Å². The van der Waals surface area contributed by atoms with Crippen LogP contribution in [0.2, 0.25) is 0 Å². The van der Waals surface area contributed by atoms with Crippen LogP contribution in [0.15, 0.2) is 24.3 Å². The molecule has 0 spiro atoms. The number of halogens is 1. The van der Waals surface area contributed by atoms with Crippen LogP contribution in [0.3, 0.4) is 0 Å². The van der Waals surface area contributed by atoms with Crippen molar-refractivity contribution in [3.05, 3.63) is 35.6 Å². The minimum atomic E-state index is -0.651. The lowest BCUT2D eigenvalue weighted by Gasteiger charge is -2.28. The van der Waals surface area contributed by atoms with Gasteiger partial charge in [0.05, 0.1) is 12.7 Å². The Hall–Kier alpha value is -0.970. The van der Waals surface area contributed by atoms with Crippen LogP contribution in [0.25, 0.3) is 0 Å². The molecule has 3 nitrogen and oxygen atoms in total. The number of aliphatic hydroxyl groups excluding tert-OH is 1. The first-order valence-corrected chi connectivity index (χ1v) is 6.22. The number of nitrogens with one attached hydrogen (secondary N) is 1. The Morgan fingerprint density at radius 1 is 1.28 bits per heavy atom. The predicted octanol–water partition coefficient (Wildman–Crippen LogP) is 2.12. The standard InChI is InChI=1S/C14H22FNO2/c1-10(2)13(16-8-9-18-3)14(17)11-4-6-12(15)7-5-11/h4-7,10,13-14,16-17H,8-9H2,1-3H3. The van der Waals surface area contributed by atoms with Crippen molar-refractivity contribution in [2.45, 2.75) is 26.0 Å². The van der Waals surface area contributed by atoms with Crippen molar-refractivity contribution in [3.63, 3.8) is 0 Å². The van der Waals surface area contributed by atoms with E-state index >= 15 is 0 Å². The van der Waals surface area contributed by atoms with E-state index in [0.717, 1.165) is 5.56 Å². The van der Waals surface area contributed by atoms with Crippen molar-refractivity contribution in [1.29, 1.82) is 0 Å². The molecule has 0 amide bonds. The monoisotopic (exact) mass is 255 g/mol. The molecule has 18 heavy (non-hydrogen) atoms. The zero-order chi connectivity index (χ0) is 13.5. The molecule has 0 aromatic heterocycles. The minimum Gasteiger partial charge on any atom is -0.387 e. The molecule has 4 heteroatoms. The highest BCUT2D eigenvalue weighted by molar-refractivity contribution is 5.20. The zero-order valence-corrected chi connectivity index (χ0v) is 11.2. The zero-order valence-electron chi connectivity index (χ0n) is 11.2. The molecule has 0 heterocycles. The smallest absolute Gasteiger partial charge is 0.123 e. The average molecular weight is 255 g/mol. The van der Waals surface area contributed by atoms with E-state index in [1.165, 1.54) is 12.1 Å². The number of aliphatic hydroxyl groups is 1. The number of ether oxygens (including phenoxy) is 1. The number of methoxy groups -OCH3 is 1. The first kappa shape index (κ1) is 15.1. The van der Waals surface area contributed by atoms with Crippen LogP contribution in [0.5, 0.6) is 0 Å². The summed E-state index contributed by atoms with van der Waals surface area (Å²) in [4.78, 5) is 0. The number of hydrogen-bond acceptors (Lipinski definition) is 3. The van der Waals surface area contributed by atoms with Gasteiger partial charge in [-0.05, 0) is 23.6 Å². The molecule has 0 aliphatic rings. The second-order valence-corrected chi connectivity index (χ2v) is 4.71. The van der Waals surface area contributed by atoms with Gasteiger partial charge in [0.2, 0.25) is 0 Å². The molecule has 1 rings (SSSR count). The molecule has 0 bridgehead atoms. The van der Waals surface area contributed by atoms with Crippen molar-refractivity contribution >= 4 is 0 Å². The highest BCUT2D eigenvalue weighted by Crippen LogP contribution is 2.22. The highest BCUT2D eigenvalue weighted by atomic mass is 19.1. The Morgan fingerprint density at radius 2 is 1.89 bits per heavy atom. The van der Waals surface area contributed by atoms with Gasteiger partial charge < -0.3 is 15.2 Å². The van der Waals surface area contributed by atoms with Gasteiger partial charge in [0.15, 0.2) is 0 Å². The molecular weight excluding hydrogens is 233 g/mol. The van der Waals surface area contributed by atoms with E-state index in [1.807, 2.05) is 13.8 Å². The van der Waals surface area contributed by atoms with E-state index in [4.69, 9.17) is 4.74 Å². The fourth-order valence-corrected chi connectivity index (χ4v) is 1.91. The van der Waals surface area contributed by atoms with Crippen LogP contribution >= 0.6 is 0 Å². The number of rotatable bonds is 7. The number of hydrogen-bond donors (Lipinski definition) is 2. The first-order chi connectivity index (χ1) is 8.56. The molecule has 2 unspecified atom stereocenters. The van der Waals surface area contributed by atoms with Crippen LogP contribution in [-0.4, -0.2) is 31.4 Å². The summed E-state index contributed by atoms with van der Waals surface area (Å²) in [5, 5.41) is 13.6. The fourth-order valence-electron chi connectivity index (χ4n) is 1.91. The van der Waals surface area contributed by atoms with Gasteiger partial charge in [0.25, 0.3) is 0 Å². The van der Waals surface area contributed by atoms with E-state index in [2.05, 4.69) is 5.32 Å². The maximum absolute atomic E-state index is 12.8. The maximum atomic E-state index is 12.8. The lowest BCUT2D eigenvalue weighted by Crippen LogP contribution is -2.40. The second kappa shape index (κ2) is 7.46. The predicted molar refractivity (Wildman–Crippen MR) is 69.9 cm³/mol. The third-order valence-corrected chi connectivity index (χ3v) is 2.96. The molecule has 0 saturated carbocycles. The van der Waals surface area contributed by atoms with Crippen molar-refractivity contribution in [3.8, 4) is 0 Å². The van der Waals surface area contributed by atoms with Gasteiger partial charge in [0.1, 0.15) is 5.82 Å². The SMILES string of the molecule is COCCNC(C(C)C)C(O)c1ccc(F)cc1. The third-order valence-electron chi connectivity index (χ3n) is 2.96. The van der Waals surface area contributed by atoms with Gasteiger partial charge in [-0.2, -0.15) is 0 Å². The molecule has 1 aromatic rings. The van der Waals surface area contributed by atoms with Crippen LogP contribution < -0.4 is 5.32 Å².